The first-order valence-corrected chi connectivity index (χ1v) is 9.54. The smallest absolute Gasteiger partial charge is 0.237 e. The third-order valence-corrected chi connectivity index (χ3v) is 5.44. The maximum atomic E-state index is 12.7. The van der Waals surface area contributed by atoms with E-state index < -0.39 is 0 Å². The Morgan fingerprint density at radius 2 is 1.70 bits per heavy atom. The highest BCUT2D eigenvalue weighted by Gasteiger charge is 2.18. The predicted octanol–water partition coefficient (Wildman–Crippen LogP) is 4.61. The van der Waals surface area contributed by atoms with E-state index in [4.69, 9.17) is 0 Å². The van der Waals surface area contributed by atoms with Gasteiger partial charge in [-0.05, 0) is 50.2 Å². The van der Waals surface area contributed by atoms with Crippen molar-refractivity contribution in [3.05, 3.63) is 66.5 Å². The molecule has 0 aliphatic carbocycles. The number of para-hydroxylation sites is 2. The van der Waals surface area contributed by atoms with Gasteiger partial charge < -0.3 is 5.32 Å². The summed E-state index contributed by atoms with van der Waals surface area (Å²) in [4.78, 5) is 26.3. The quantitative estimate of drug-likeness (QED) is 0.529. The Morgan fingerprint density at radius 1 is 0.963 bits per heavy atom. The van der Waals surface area contributed by atoms with Crippen LogP contribution in [0.2, 0.25) is 0 Å². The number of pyridine rings is 1. The van der Waals surface area contributed by atoms with E-state index in [1.807, 2.05) is 68.4 Å². The van der Waals surface area contributed by atoms with Gasteiger partial charge in [0.1, 0.15) is 5.03 Å². The number of hydrogen-bond acceptors (Lipinski definition) is 5. The van der Waals surface area contributed by atoms with Gasteiger partial charge in [0.05, 0.1) is 33.2 Å². The Morgan fingerprint density at radius 3 is 2.52 bits per heavy atom. The Balaban J connectivity index is 1.55. The zero-order chi connectivity index (χ0) is 18.8. The molecule has 5 nitrogen and oxygen atoms in total. The Kier molecular flexibility index (Phi) is 4.73. The summed E-state index contributed by atoms with van der Waals surface area (Å²) < 4.78 is 0. The number of carbonyl (C=O) groups is 1. The van der Waals surface area contributed by atoms with Crippen LogP contribution in [0, 0.1) is 6.92 Å². The molecule has 0 aliphatic heterocycles. The maximum Gasteiger partial charge on any atom is 0.237 e. The zero-order valence-corrected chi connectivity index (χ0v) is 15.8. The van der Waals surface area contributed by atoms with Gasteiger partial charge in [0.25, 0.3) is 0 Å². The van der Waals surface area contributed by atoms with Crippen LogP contribution in [-0.4, -0.2) is 26.1 Å². The van der Waals surface area contributed by atoms with E-state index in [0.717, 1.165) is 38.3 Å². The summed E-state index contributed by atoms with van der Waals surface area (Å²) >= 11 is 1.42. The number of thioether (sulfide) groups is 1. The summed E-state index contributed by atoms with van der Waals surface area (Å²) in [5, 5.41) is 4.40. The van der Waals surface area contributed by atoms with Crippen molar-refractivity contribution >= 4 is 45.3 Å². The van der Waals surface area contributed by atoms with Gasteiger partial charge in [0.2, 0.25) is 5.91 Å². The van der Waals surface area contributed by atoms with Gasteiger partial charge >= 0.3 is 0 Å². The number of carbonyl (C=O) groups excluding carboxylic acids is 1. The molecule has 2 aromatic heterocycles. The number of aryl methyl sites for hydroxylation is 1. The molecule has 0 saturated carbocycles. The number of fused-ring (bicyclic) bond motifs is 2. The molecule has 6 heteroatoms. The molecule has 0 spiro atoms. The van der Waals surface area contributed by atoms with E-state index in [1.54, 1.807) is 6.20 Å². The molecule has 27 heavy (non-hydrogen) atoms. The van der Waals surface area contributed by atoms with Gasteiger partial charge in [0.15, 0.2) is 0 Å². The topological polar surface area (TPSA) is 67.8 Å². The number of nitrogens with one attached hydrogen (secondary N) is 1. The molecule has 4 rings (SSSR count). The number of nitrogens with zero attached hydrogens (tertiary/aromatic N) is 3. The maximum absolute atomic E-state index is 12.7. The van der Waals surface area contributed by atoms with E-state index in [2.05, 4.69) is 20.3 Å². The van der Waals surface area contributed by atoms with Crippen molar-refractivity contribution in [2.45, 2.75) is 24.1 Å². The van der Waals surface area contributed by atoms with Crippen molar-refractivity contribution in [3.63, 3.8) is 0 Å². The van der Waals surface area contributed by atoms with Gasteiger partial charge in [-0.1, -0.05) is 30.0 Å². The van der Waals surface area contributed by atoms with Crippen LogP contribution in [0.4, 0.5) is 5.69 Å². The summed E-state index contributed by atoms with van der Waals surface area (Å²) in [6.07, 6.45) is 1.74. The lowest BCUT2D eigenvalue weighted by Crippen LogP contribution is -2.22. The number of hydrogen-bond donors (Lipinski definition) is 1. The molecular weight excluding hydrogens is 356 g/mol. The van der Waals surface area contributed by atoms with E-state index in [1.165, 1.54) is 11.8 Å². The van der Waals surface area contributed by atoms with E-state index in [0.29, 0.717) is 0 Å². The van der Waals surface area contributed by atoms with Gasteiger partial charge in [-0.3, -0.25) is 9.78 Å². The Bertz CT molecular complexity index is 1140. The molecule has 134 valence electrons. The number of anilines is 1. The SMILES string of the molecule is Cc1nc2ccccc2nc1S[C@H](C)C(=O)Nc1cccc2ncccc12. The van der Waals surface area contributed by atoms with Crippen LogP contribution in [0.1, 0.15) is 12.6 Å². The second-order valence-corrected chi connectivity index (χ2v) is 7.56. The highest BCUT2D eigenvalue weighted by atomic mass is 32.2. The molecule has 0 unspecified atom stereocenters. The Hall–Kier alpha value is -2.99. The molecule has 0 radical (unpaired) electrons. The number of benzene rings is 2. The summed E-state index contributed by atoms with van der Waals surface area (Å²) in [6.45, 7) is 3.79. The lowest BCUT2D eigenvalue weighted by atomic mass is 10.2. The highest BCUT2D eigenvalue weighted by molar-refractivity contribution is 8.00. The minimum Gasteiger partial charge on any atom is -0.324 e. The fraction of sp³-hybridized carbons (Fsp3) is 0.143. The zero-order valence-electron chi connectivity index (χ0n) is 15.0. The molecule has 2 heterocycles. The predicted molar refractivity (Wildman–Crippen MR) is 110 cm³/mol. The second-order valence-electron chi connectivity index (χ2n) is 6.23. The first kappa shape index (κ1) is 17.4. The third-order valence-electron chi connectivity index (χ3n) is 4.26. The molecule has 0 aliphatic rings. The van der Waals surface area contributed by atoms with Gasteiger partial charge in [-0.15, -0.1) is 0 Å². The molecule has 1 N–H and O–H groups in total. The summed E-state index contributed by atoms with van der Waals surface area (Å²) in [7, 11) is 0. The van der Waals surface area contributed by atoms with E-state index in [9.17, 15) is 4.79 Å². The number of rotatable bonds is 4. The van der Waals surface area contributed by atoms with Crippen LogP contribution >= 0.6 is 11.8 Å². The first-order chi connectivity index (χ1) is 13.1. The minimum absolute atomic E-state index is 0.0780. The molecule has 4 aromatic rings. The molecule has 1 atom stereocenters. The van der Waals surface area contributed by atoms with Crippen LogP contribution < -0.4 is 5.32 Å². The average molecular weight is 374 g/mol. The minimum atomic E-state index is -0.314. The monoisotopic (exact) mass is 374 g/mol. The van der Waals surface area contributed by atoms with Crippen molar-refractivity contribution in [2.24, 2.45) is 0 Å². The van der Waals surface area contributed by atoms with Crippen LogP contribution in [0.3, 0.4) is 0 Å². The molecule has 0 fully saturated rings. The summed E-state index contributed by atoms with van der Waals surface area (Å²) in [6, 6.07) is 17.3. The number of amides is 1. The molecule has 0 saturated heterocycles. The number of aromatic nitrogens is 3. The fourth-order valence-electron chi connectivity index (χ4n) is 2.85. The van der Waals surface area contributed by atoms with Crippen molar-refractivity contribution < 1.29 is 4.79 Å². The molecule has 0 bridgehead atoms. The Labute approximate surface area is 161 Å². The lowest BCUT2D eigenvalue weighted by Gasteiger charge is -2.14. The highest BCUT2D eigenvalue weighted by Crippen LogP contribution is 2.28. The van der Waals surface area contributed by atoms with Gasteiger partial charge in [0, 0.05) is 11.6 Å². The summed E-state index contributed by atoms with van der Waals surface area (Å²) in [5.74, 6) is -0.0780. The van der Waals surface area contributed by atoms with Crippen LogP contribution in [0.5, 0.6) is 0 Å². The van der Waals surface area contributed by atoms with Crippen LogP contribution in [0.25, 0.3) is 21.9 Å². The van der Waals surface area contributed by atoms with E-state index >= 15 is 0 Å². The van der Waals surface area contributed by atoms with Gasteiger partial charge in [-0.25, -0.2) is 9.97 Å². The molecular formula is C21H18N4OS. The average Bonchev–Trinajstić information content (AvgIpc) is 2.68. The normalized spacial score (nSPS) is 12.2. The van der Waals surface area contributed by atoms with Crippen molar-refractivity contribution in [1.29, 1.82) is 0 Å². The van der Waals surface area contributed by atoms with Crippen LogP contribution in [0.15, 0.2) is 65.8 Å². The van der Waals surface area contributed by atoms with Gasteiger partial charge in [-0.2, -0.15) is 0 Å². The third kappa shape index (κ3) is 3.61. The first-order valence-electron chi connectivity index (χ1n) is 8.66. The lowest BCUT2D eigenvalue weighted by molar-refractivity contribution is -0.115. The van der Waals surface area contributed by atoms with Crippen molar-refractivity contribution in [2.75, 3.05) is 5.32 Å². The van der Waals surface area contributed by atoms with Crippen molar-refractivity contribution in [3.8, 4) is 0 Å². The van der Waals surface area contributed by atoms with Crippen LogP contribution in [-0.2, 0) is 4.79 Å². The van der Waals surface area contributed by atoms with E-state index in [-0.39, 0.29) is 11.2 Å². The molecule has 1 amide bonds. The standard InChI is InChI=1S/C21H18N4OS/c1-13-21(25-19-9-4-3-8-18(19)23-13)27-14(2)20(26)24-17-11-5-10-16-15(17)7-6-12-22-16/h3-12,14H,1-2H3,(H,24,26)/t14-/m1/s1. The largest absolute Gasteiger partial charge is 0.324 e. The summed E-state index contributed by atoms with van der Waals surface area (Å²) in [5.41, 5.74) is 4.14. The van der Waals surface area contributed by atoms with Crippen molar-refractivity contribution in [1.82, 2.24) is 15.0 Å². The fourth-order valence-corrected chi connectivity index (χ4v) is 3.72. The second kappa shape index (κ2) is 7.32. The molecule has 2 aromatic carbocycles.